The van der Waals surface area contributed by atoms with E-state index in [0.717, 1.165) is 0 Å². The van der Waals surface area contributed by atoms with E-state index in [-0.39, 0.29) is 0 Å². The van der Waals surface area contributed by atoms with E-state index in [1.165, 1.54) is 103 Å². The van der Waals surface area contributed by atoms with Crippen LogP contribution < -0.4 is 0 Å². The van der Waals surface area contributed by atoms with Crippen molar-refractivity contribution < 1.29 is 0 Å². The van der Waals surface area contributed by atoms with Gasteiger partial charge in [-0.1, -0.05) is 115 Å². The number of rotatable bonds is 17. The Balaban J connectivity index is 3.14. The summed E-state index contributed by atoms with van der Waals surface area (Å²) < 4.78 is 0. The molecule has 130 valence electrons. The smallest absolute Gasteiger partial charge is 0.0348 e. The lowest BCUT2D eigenvalue weighted by atomic mass is 10.1. The first-order chi connectivity index (χ1) is 10.9. The second-order valence-electron chi connectivity index (χ2n) is 6.68. The first kappa shape index (κ1) is 21.5. The van der Waals surface area contributed by atoms with Gasteiger partial charge in [0, 0.05) is 0 Å². The van der Waals surface area contributed by atoms with E-state index >= 15 is 0 Å². The van der Waals surface area contributed by atoms with Crippen LogP contribution in [0.4, 0.5) is 0 Å². The zero-order valence-corrected chi connectivity index (χ0v) is 15.6. The third kappa shape index (κ3) is 19.5. The average Bonchev–Trinajstić information content (AvgIpc) is 2.54. The Morgan fingerprint density at radius 1 is 0.409 bits per heavy atom. The van der Waals surface area contributed by atoms with Crippen molar-refractivity contribution >= 4 is 0 Å². The highest BCUT2D eigenvalue weighted by atomic mass is 14.0. The molecule has 0 aromatic heterocycles. The lowest BCUT2D eigenvalue weighted by Gasteiger charge is -1.99. The summed E-state index contributed by atoms with van der Waals surface area (Å²) in [7, 11) is 0. The Morgan fingerprint density at radius 2 is 0.727 bits per heavy atom. The first-order valence-corrected chi connectivity index (χ1v) is 10.2. The molecule has 0 N–H and O–H groups in total. The molecule has 0 radical (unpaired) electrons. The Labute approximate surface area is 141 Å². The predicted octanol–water partition coefficient (Wildman–Crippen LogP) is 8.38. The largest absolute Gasteiger partial charge is 0.0845 e. The van der Waals surface area contributed by atoms with Crippen molar-refractivity contribution in [3.05, 3.63) is 24.3 Å². The van der Waals surface area contributed by atoms with Crippen LogP contribution in [0.15, 0.2) is 24.3 Å². The summed E-state index contributed by atoms with van der Waals surface area (Å²) in [6, 6.07) is 0. The molecular formula is C22H42. The van der Waals surface area contributed by atoms with E-state index < -0.39 is 0 Å². The Morgan fingerprint density at radius 3 is 1.09 bits per heavy atom. The van der Waals surface area contributed by atoms with Crippen molar-refractivity contribution in [2.45, 2.75) is 117 Å². The van der Waals surface area contributed by atoms with E-state index in [2.05, 4.69) is 38.2 Å². The standard InChI is InChI=1S/C22H42/c1-3-5-7-9-11-13-15-17-19-21-22-20-18-16-14-12-10-8-6-4-2/h17,19,21-22H,3-16,18,20H2,1-2H3. The monoisotopic (exact) mass is 306 g/mol. The summed E-state index contributed by atoms with van der Waals surface area (Å²) in [5.41, 5.74) is 0. The second-order valence-corrected chi connectivity index (χ2v) is 6.68. The summed E-state index contributed by atoms with van der Waals surface area (Å²) in [6.07, 6.45) is 31.4. The highest BCUT2D eigenvalue weighted by molar-refractivity contribution is 5.02. The van der Waals surface area contributed by atoms with E-state index in [1.807, 2.05) is 0 Å². The molecule has 0 aromatic carbocycles. The lowest BCUT2D eigenvalue weighted by molar-refractivity contribution is 0.577. The summed E-state index contributed by atoms with van der Waals surface area (Å²) in [4.78, 5) is 0. The second kappa shape index (κ2) is 20.5. The van der Waals surface area contributed by atoms with Crippen LogP contribution in [0.3, 0.4) is 0 Å². The van der Waals surface area contributed by atoms with Crippen molar-refractivity contribution in [1.82, 2.24) is 0 Å². The van der Waals surface area contributed by atoms with Gasteiger partial charge in [-0.2, -0.15) is 0 Å². The predicted molar refractivity (Wildman–Crippen MR) is 104 cm³/mol. The van der Waals surface area contributed by atoms with Gasteiger partial charge in [-0.25, -0.2) is 0 Å². The molecule has 0 fully saturated rings. The van der Waals surface area contributed by atoms with Crippen molar-refractivity contribution in [2.75, 3.05) is 0 Å². The maximum Gasteiger partial charge on any atom is -0.0348 e. The van der Waals surface area contributed by atoms with Crippen LogP contribution in [-0.4, -0.2) is 0 Å². The summed E-state index contributed by atoms with van der Waals surface area (Å²) in [5, 5.41) is 0. The molecule has 0 atom stereocenters. The molecular weight excluding hydrogens is 264 g/mol. The van der Waals surface area contributed by atoms with Crippen molar-refractivity contribution in [1.29, 1.82) is 0 Å². The molecule has 0 aliphatic heterocycles. The van der Waals surface area contributed by atoms with Crippen molar-refractivity contribution in [2.24, 2.45) is 0 Å². The number of hydrogen-bond donors (Lipinski definition) is 0. The molecule has 0 heterocycles. The number of hydrogen-bond acceptors (Lipinski definition) is 0. The third-order valence-corrected chi connectivity index (χ3v) is 4.33. The topological polar surface area (TPSA) is 0 Å². The molecule has 0 saturated carbocycles. The highest BCUT2D eigenvalue weighted by Crippen LogP contribution is 2.10. The van der Waals surface area contributed by atoms with Gasteiger partial charge in [0.25, 0.3) is 0 Å². The normalized spacial score (nSPS) is 11.9. The maximum atomic E-state index is 2.34. The van der Waals surface area contributed by atoms with Gasteiger partial charge in [-0.15, -0.1) is 0 Å². The Hall–Kier alpha value is -0.520. The van der Waals surface area contributed by atoms with Gasteiger partial charge in [-0.3, -0.25) is 0 Å². The Bertz CT molecular complexity index is 236. The molecule has 0 rings (SSSR count). The van der Waals surface area contributed by atoms with Crippen LogP contribution in [0.25, 0.3) is 0 Å². The zero-order chi connectivity index (χ0) is 16.1. The molecule has 0 aliphatic carbocycles. The highest BCUT2D eigenvalue weighted by Gasteiger charge is 1.90. The van der Waals surface area contributed by atoms with Gasteiger partial charge in [-0.05, 0) is 25.7 Å². The fourth-order valence-corrected chi connectivity index (χ4v) is 2.79. The van der Waals surface area contributed by atoms with Crippen molar-refractivity contribution in [3.8, 4) is 0 Å². The molecule has 0 spiro atoms. The summed E-state index contributed by atoms with van der Waals surface area (Å²) >= 11 is 0. The van der Waals surface area contributed by atoms with Crippen LogP contribution in [0.1, 0.15) is 117 Å². The van der Waals surface area contributed by atoms with Crippen LogP contribution >= 0.6 is 0 Å². The van der Waals surface area contributed by atoms with Gasteiger partial charge in [0.2, 0.25) is 0 Å². The fraction of sp³-hybridized carbons (Fsp3) is 0.818. The van der Waals surface area contributed by atoms with Gasteiger partial charge >= 0.3 is 0 Å². The minimum absolute atomic E-state index is 1.26. The van der Waals surface area contributed by atoms with E-state index in [4.69, 9.17) is 0 Å². The molecule has 0 unspecified atom stereocenters. The van der Waals surface area contributed by atoms with E-state index in [9.17, 15) is 0 Å². The molecule has 22 heavy (non-hydrogen) atoms. The van der Waals surface area contributed by atoms with Crippen LogP contribution in [0, 0.1) is 0 Å². The van der Waals surface area contributed by atoms with Gasteiger partial charge < -0.3 is 0 Å². The van der Waals surface area contributed by atoms with Crippen LogP contribution in [0.2, 0.25) is 0 Å². The quantitative estimate of drug-likeness (QED) is 0.187. The maximum absolute atomic E-state index is 2.34. The lowest BCUT2D eigenvalue weighted by Crippen LogP contribution is -1.79. The number of unbranched alkanes of at least 4 members (excludes halogenated alkanes) is 14. The molecule has 0 aromatic rings. The molecule has 0 nitrogen and oxygen atoms in total. The molecule has 0 aliphatic rings. The molecule has 0 heteroatoms. The zero-order valence-electron chi connectivity index (χ0n) is 15.6. The minimum atomic E-state index is 1.26. The molecule has 0 saturated heterocycles. The molecule has 0 amide bonds. The van der Waals surface area contributed by atoms with Gasteiger partial charge in [0.1, 0.15) is 0 Å². The van der Waals surface area contributed by atoms with Gasteiger partial charge in [0.05, 0.1) is 0 Å². The summed E-state index contributed by atoms with van der Waals surface area (Å²) in [5.74, 6) is 0. The van der Waals surface area contributed by atoms with Crippen LogP contribution in [0.5, 0.6) is 0 Å². The molecule has 0 bridgehead atoms. The van der Waals surface area contributed by atoms with E-state index in [1.54, 1.807) is 0 Å². The summed E-state index contributed by atoms with van der Waals surface area (Å²) in [6.45, 7) is 4.57. The van der Waals surface area contributed by atoms with Crippen molar-refractivity contribution in [3.63, 3.8) is 0 Å². The first-order valence-electron chi connectivity index (χ1n) is 10.2. The SMILES string of the molecule is CCCCCCCCC=CC=CCCCCCCCCCC. The van der Waals surface area contributed by atoms with Gasteiger partial charge in [0.15, 0.2) is 0 Å². The average molecular weight is 307 g/mol. The third-order valence-electron chi connectivity index (χ3n) is 4.33. The fourth-order valence-electron chi connectivity index (χ4n) is 2.79. The number of allylic oxidation sites excluding steroid dienone is 4. The Kier molecular flexibility index (Phi) is 20.0. The van der Waals surface area contributed by atoms with Crippen LogP contribution in [-0.2, 0) is 0 Å². The van der Waals surface area contributed by atoms with E-state index in [0.29, 0.717) is 0 Å². The minimum Gasteiger partial charge on any atom is -0.0845 e.